The molecular weight excluding hydrogens is 394 g/mol. The fourth-order valence-electron chi connectivity index (χ4n) is 3.13. The van der Waals surface area contributed by atoms with E-state index < -0.39 is 4.92 Å². The van der Waals surface area contributed by atoms with Crippen LogP contribution in [-0.4, -0.2) is 65.2 Å². The highest BCUT2D eigenvalue weighted by Crippen LogP contribution is 2.27. The van der Waals surface area contributed by atoms with Gasteiger partial charge in [0.15, 0.2) is 5.75 Å². The van der Waals surface area contributed by atoms with E-state index in [2.05, 4.69) is 0 Å². The monoisotopic (exact) mass is 421 g/mol. The molecule has 0 unspecified atom stereocenters. The average molecular weight is 421 g/mol. The fraction of sp³-hybridized carbons (Fsp3) is 0.526. The number of hydrogen-bond donors (Lipinski definition) is 2. The van der Waals surface area contributed by atoms with Crippen molar-refractivity contribution in [3.8, 4) is 5.75 Å². The van der Waals surface area contributed by atoms with Gasteiger partial charge >= 0.3 is 5.69 Å². The van der Waals surface area contributed by atoms with E-state index in [1.807, 2.05) is 5.43 Å². The lowest BCUT2D eigenvalue weighted by molar-refractivity contribution is -0.385. The van der Waals surface area contributed by atoms with E-state index in [0.29, 0.717) is 32.6 Å². The molecule has 1 saturated heterocycles. The number of rotatable bonds is 9. The SMILES string of the molecule is Cc1ccc(OCCC(=O)N2CCN(C(=O)CCCC(=O)NN)CC2)c([N+](=O)[O-])c1. The molecule has 11 nitrogen and oxygen atoms in total. The van der Waals surface area contributed by atoms with Crippen molar-refractivity contribution in [2.75, 3.05) is 32.8 Å². The van der Waals surface area contributed by atoms with Crippen LogP contribution < -0.4 is 16.0 Å². The van der Waals surface area contributed by atoms with Crippen LogP contribution in [0, 0.1) is 17.0 Å². The second kappa shape index (κ2) is 11.1. The summed E-state index contributed by atoms with van der Waals surface area (Å²) in [7, 11) is 0. The van der Waals surface area contributed by atoms with Gasteiger partial charge < -0.3 is 14.5 Å². The molecule has 1 aromatic rings. The third-order valence-corrected chi connectivity index (χ3v) is 4.83. The van der Waals surface area contributed by atoms with Gasteiger partial charge in [-0.3, -0.25) is 29.9 Å². The van der Waals surface area contributed by atoms with Crippen LogP contribution in [0.3, 0.4) is 0 Å². The molecule has 0 aromatic heterocycles. The van der Waals surface area contributed by atoms with Crippen LogP contribution in [0.1, 0.15) is 31.2 Å². The maximum Gasteiger partial charge on any atom is 0.311 e. The van der Waals surface area contributed by atoms with Crippen LogP contribution in [0.5, 0.6) is 5.75 Å². The number of aryl methyl sites for hydroxylation is 1. The lowest BCUT2D eigenvalue weighted by Gasteiger charge is -2.35. The molecule has 1 aromatic carbocycles. The van der Waals surface area contributed by atoms with Gasteiger partial charge in [-0.2, -0.15) is 0 Å². The lowest BCUT2D eigenvalue weighted by atomic mass is 10.2. The number of piperazine rings is 1. The van der Waals surface area contributed by atoms with Gasteiger partial charge in [0.1, 0.15) is 0 Å². The van der Waals surface area contributed by atoms with Gasteiger partial charge in [-0.15, -0.1) is 0 Å². The van der Waals surface area contributed by atoms with E-state index in [1.54, 1.807) is 22.8 Å². The molecule has 2 rings (SSSR count). The molecule has 1 aliphatic heterocycles. The van der Waals surface area contributed by atoms with Crippen molar-refractivity contribution in [2.45, 2.75) is 32.6 Å². The Balaban J connectivity index is 1.73. The van der Waals surface area contributed by atoms with Crippen molar-refractivity contribution >= 4 is 23.4 Å². The number of nitrogens with two attached hydrogens (primary N) is 1. The first kappa shape index (κ1) is 23.1. The maximum absolute atomic E-state index is 12.4. The van der Waals surface area contributed by atoms with E-state index in [0.717, 1.165) is 5.56 Å². The molecule has 0 aliphatic carbocycles. The Labute approximate surface area is 174 Å². The summed E-state index contributed by atoms with van der Waals surface area (Å²) in [6.07, 6.45) is 0.959. The maximum atomic E-state index is 12.4. The zero-order valence-electron chi connectivity index (χ0n) is 17.0. The fourth-order valence-corrected chi connectivity index (χ4v) is 3.13. The lowest BCUT2D eigenvalue weighted by Crippen LogP contribution is -2.50. The third-order valence-electron chi connectivity index (χ3n) is 4.83. The molecule has 0 bridgehead atoms. The molecule has 1 fully saturated rings. The summed E-state index contributed by atoms with van der Waals surface area (Å²) >= 11 is 0. The summed E-state index contributed by atoms with van der Waals surface area (Å²) in [5.41, 5.74) is 2.65. The van der Waals surface area contributed by atoms with Crippen molar-refractivity contribution in [1.82, 2.24) is 15.2 Å². The highest BCUT2D eigenvalue weighted by atomic mass is 16.6. The predicted molar refractivity (Wildman–Crippen MR) is 107 cm³/mol. The minimum atomic E-state index is -0.511. The van der Waals surface area contributed by atoms with Crippen molar-refractivity contribution in [2.24, 2.45) is 5.84 Å². The number of carbonyl (C=O) groups is 3. The first-order chi connectivity index (χ1) is 14.3. The Bertz CT molecular complexity index is 792. The zero-order valence-corrected chi connectivity index (χ0v) is 17.0. The van der Waals surface area contributed by atoms with E-state index in [9.17, 15) is 24.5 Å². The van der Waals surface area contributed by atoms with Gasteiger partial charge in [0.05, 0.1) is 18.0 Å². The van der Waals surface area contributed by atoms with Gasteiger partial charge in [-0.25, -0.2) is 5.84 Å². The Hall–Kier alpha value is -3.21. The summed E-state index contributed by atoms with van der Waals surface area (Å²) < 4.78 is 5.45. The van der Waals surface area contributed by atoms with E-state index in [4.69, 9.17) is 10.6 Å². The molecule has 1 heterocycles. The molecule has 0 spiro atoms. The number of hydrogen-bond acceptors (Lipinski definition) is 7. The smallest absolute Gasteiger partial charge is 0.311 e. The molecule has 1 aliphatic rings. The van der Waals surface area contributed by atoms with Crippen molar-refractivity contribution in [3.63, 3.8) is 0 Å². The minimum Gasteiger partial charge on any atom is -0.486 e. The van der Waals surface area contributed by atoms with Crippen LogP contribution in [0.2, 0.25) is 0 Å². The van der Waals surface area contributed by atoms with Gasteiger partial charge in [0.2, 0.25) is 17.7 Å². The predicted octanol–water partition coefficient (Wildman–Crippen LogP) is 0.503. The molecule has 0 radical (unpaired) electrons. The molecule has 3 amide bonds. The summed E-state index contributed by atoms with van der Waals surface area (Å²) in [5, 5.41) is 11.1. The number of ether oxygens (including phenoxy) is 1. The third kappa shape index (κ3) is 6.69. The Morgan fingerprint density at radius 3 is 2.27 bits per heavy atom. The Morgan fingerprint density at radius 2 is 1.70 bits per heavy atom. The highest BCUT2D eigenvalue weighted by Gasteiger charge is 2.24. The minimum absolute atomic E-state index is 0.0328. The molecule has 3 N–H and O–H groups in total. The van der Waals surface area contributed by atoms with Gasteiger partial charge in [0.25, 0.3) is 0 Å². The number of benzene rings is 1. The van der Waals surface area contributed by atoms with Crippen LogP contribution in [0.15, 0.2) is 18.2 Å². The number of nitrogens with zero attached hydrogens (tertiary/aromatic N) is 3. The van der Waals surface area contributed by atoms with Gasteiger partial charge in [-0.1, -0.05) is 6.07 Å². The second-order valence-corrected chi connectivity index (χ2v) is 7.01. The summed E-state index contributed by atoms with van der Waals surface area (Å²) in [4.78, 5) is 49.5. The van der Waals surface area contributed by atoms with Crippen molar-refractivity contribution < 1.29 is 24.0 Å². The van der Waals surface area contributed by atoms with Crippen molar-refractivity contribution in [1.29, 1.82) is 0 Å². The molecular formula is C19H27N5O6. The number of nitro groups is 1. The summed E-state index contributed by atoms with van der Waals surface area (Å²) in [5.74, 6) is 4.64. The normalized spacial score (nSPS) is 13.7. The van der Waals surface area contributed by atoms with Crippen molar-refractivity contribution in [3.05, 3.63) is 33.9 Å². The van der Waals surface area contributed by atoms with Crippen LogP contribution in [0.25, 0.3) is 0 Å². The number of amides is 3. The van der Waals surface area contributed by atoms with Gasteiger partial charge in [-0.05, 0) is 25.0 Å². The molecule has 0 saturated carbocycles. The summed E-state index contributed by atoms with van der Waals surface area (Å²) in [6, 6.07) is 4.66. The number of carbonyl (C=O) groups excluding carboxylic acids is 3. The van der Waals surface area contributed by atoms with Crippen LogP contribution >= 0.6 is 0 Å². The van der Waals surface area contributed by atoms with E-state index in [1.165, 1.54) is 12.1 Å². The number of nitrogens with one attached hydrogen (secondary N) is 1. The number of hydrazine groups is 1. The van der Waals surface area contributed by atoms with Crippen LogP contribution in [0.4, 0.5) is 5.69 Å². The zero-order chi connectivity index (χ0) is 22.1. The molecule has 0 atom stereocenters. The first-order valence-corrected chi connectivity index (χ1v) is 9.74. The van der Waals surface area contributed by atoms with E-state index >= 15 is 0 Å². The second-order valence-electron chi connectivity index (χ2n) is 7.01. The largest absolute Gasteiger partial charge is 0.486 e. The molecule has 11 heteroatoms. The molecule has 164 valence electrons. The Morgan fingerprint density at radius 1 is 1.10 bits per heavy atom. The van der Waals surface area contributed by atoms with E-state index in [-0.39, 0.29) is 55.0 Å². The quantitative estimate of drug-likeness (QED) is 0.255. The summed E-state index contributed by atoms with van der Waals surface area (Å²) in [6.45, 7) is 3.47. The Kier molecular flexibility index (Phi) is 8.54. The molecule has 30 heavy (non-hydrogen) atoms. The van der Waals surface area contributed by atoms with Gasteiger partial charge in [0, 0.05) is 45.1 Å². The standard InChI is InChI=1S/C19H27N5O6/c1-14-5-6-16(15(13-14)24(28)29)30-12-7-19(27)23-10-8-22(9-11-23)18(26)4-2-3-17(25)21-20/h5-6,13H,2-4,7-12,20H2,1H3,(H,21,25). The average Bonchev–Trinajstić information content (AvgIpc) is 2.74. The number of nitro benzene ring substituents is 1. The van der Waals surface area contributed by atoms with Crippen LogP contribution in [-0.2, 0) is 14.4 Å². The highest BCUT2D eigenvalue weighted by molar-refractivity contribution is 5.79. The topological polar surface area (TPSA) is 148 Å². The first-order valence-electron chi connectivity index (χ1n) is 9.74.